The van der Waals surface area contributed by atoms with Crippen LogP contribution in [0.2, 0.25) is 0 Å². The molecule has 4 nitrogen and oxygen atoms in total. The highest BCUT2D eigenvalue weighted by molar-refractivity contribution is 4.20. The molecular weight excluding hydrogens is 72.0 g/mol. The topological polar surface area (TPSA) is 61.7 Å². The maximum Gasteiger partial charge on any atom is 0.153 e. The first-order chi connectivity index (χ1) is 2.41. The molecule has 4 heteroatoms. The van der Waals surface area contributed by atoms with Gasteiger partial charge in [0.15, 0.2) is 6.67 Å². The van der Waals surface area contributed by atoms with Crippen LogP contribution in [0.5, 0.6) is 0 Å². The monoisotopic (exact) mass is 76.0 g/mol. The highest BCUT2D eigenvalue weighted by Crippen LogP contribution is 1.48. The van der Waals surface area contributed by atoms with E-state index in [1.54, 1.807) is 0 Å². The van der Waals surface area contributed by atoms with Crippen molar-refractivity contribution in [3.05, 3.63) is 4.91 Å². The van der Waals surface area contributed by atoms with E-state index in [2.05, 4.69) is 5.18 Å². The van der Waals surface area contributed by atoms with E-state index >= 15 is 0 Å². The molecule has 0 aromatic rings. The Kier molecular flexibility index (Phi) is 3.18. The third-order valence-corrected chi connectivity index (χ3v) is 0.135. The van der Waals surface area contributed by atoms with Gasteiger partial charge in [0.25, 0.3) is 0 Å². The van der Waals surface area contributed by atoms with Gasteiger partial charge in [-0.15, -0.1) is 4.91 Å². The highest BCUT2D eigenvalue weighted by Gasteiger charge is 1.64. The molecule has 0 aliphatic rings. The fourth-order valence-electron chi connectivity index (χ4n) is 0.0289. The van der Waals surface area contributed by atoms with E-state index in [4.69, 9.17) is 10.1 Å². The normalized spacial score (nSPS) is 7.40. The summed E-state index contributed by atoms with van der Waals surface area (Å²) in [6, 6.07) is 0. The summed E-state index contributed by atoms with van der Waals surface area (Å²) in [5.74, 6) is 0. The molecule has 2 N–H and O–H groups in total. The third kappa shape index (κ3) is 3.52. The quantitative estimate of drug-likeness (QED) is 0.350. The van der Waals surface area contributed by atoms with E-state index in [1.807, 2.05) is 0 Å². The van der Waals surface area contributed by atoms with E-state index < -0.39 is 0 Å². The Hall–Kier alpha value is -0.480. The smallest absolute Gasteiger partial charge is 0.153 e. The lowest BCUT2D eigenvalue weighted by Crippen LogP contribution is -2.04. The van der Waals surface area contributed by atoms with Crippen LogP contribution in [0.1, 0.15) is 0 Å². The highest BCUT2D eigenvalue weighted by atomic mass is 16.5. The molecular formula is CH4N2O2. The molecule has 0 atom stereocenters. The van der Waals surface area contributed by atoms with Crippen LogP contribution in [-0.2, 0) is 0 Å². The zero-order valence-electron chi connectivity index (χ0n) is 2.51. The molecule has 0 fully saturated rings. The average Bonchev–Trinajstić information content (AvgIpc) is 1.41. The number of hydrogen-bond acceptors (Lipinski definition) is 4. The van der Waals surface area contributed by atoms with E-state index in [1.165, 1.54) is 5.48 Å². The maximum atomic E-state index is 8.93. The van der Waals surface area contributed by atoms with Gasteiger partial charge in [0.1, 0.15) is 0 Å². The van der Waals surface area contributed by atoms with Gasteiger partial charge in [0.2, 0.25) is 0 Å². The number of rotatable bonds is 2. The second-order valence-corrected chi connectivity index (χ2v) is 0.445. The van der Waals surface area contributed by atoms with Crippen LogP contribution in [0.3, 0.4) is 0 Å². The molecule has 0 radical (unpaired) electrons. The van der Waals surface area contributed by atoms with Crippen LogP contribution in [-0.4, -0.2) is 11.9 Å². The molecule has 0 aromatic heterocycles. The Morgan fingerprint density at radius 2 is 2.60 bits per heavy atom. The van der Waals surface area contributed by atoms with Crippen molar-refractivity contribution in [3.63, 3.8) is 0 Å². The molecule has 0 aromatic carbocycles. The predicted octanol–water partition coefficient (Wildman–Crippen LogP) is -0.311. The molecule has 0 aliphatic carbocycles. The lowest BCUT2D eigenvalue weighted by molar-refractivity contribution is 0.170. The van der Waals surface area contributed by atoms with E-state index in [0.29, 0.717) is 0 Å². The van der Waals surface area contributed by atoms with Crippen LogP contribution in [0.4, 0.5) is 0 Å². The summed E-state index contributed by atoms with van der Waals surface area (Å²) in [5, 5.41) is 9.77. The van der Waals surface area contributed by atoms with Gasteiger partial charge in [-0.2, -0.15) is 5.48 Å². The van der Waals surface area contributed by atoms with E-state index in [9.17, 15) is 0 Å². The summed E-state index contributed by atoms with van der Waals surface area (Å²) >= 11 is 0. The van der Waals surface area contributed by atoms with Gasteiger partial charge in [-0.25, -0.2) is 0 Å². The minimum atomic E-state index is -0.236. The molecule has 0 amide bonds. The summed E-state index contributed by atoms with van der Waals surface area (Å²) in [5.41, 5.74) is 1.54. The van der Waals surface area contributed by atoms with Crippen molar-refractivity contribution in [1.29, 1.82) is 0 Å². The Labute approximate surface area is 28.7 Å². The number of nitroso groups, excluding NO2 is 1. The van der Waals surface area contributed by atoms with Gasteiger partial charge in [-0.3, -0.25) is 0 Å². The lowest BCUT2D eigenvalue weighted by atomic mass is 11.2. The van der Waals surface area contributed by atoms with Crippen molar-refractivity contribution in [2.75, 3.05) is 6.67 Å². The average molecular weight is 76.1 g/mol. The van der Waals surface area contributed by atoms with Crippen LogP contribution < -0.4 is 5.48 Å². The summed E-state index contributed by atoms with van der Waals surface area (Å²) in [6.45, 7) is -0.236. The zero-order valence-corrected chi connectivity index (χ0v) is 2.51. The lowest BCUT2D eigenvalue weighted by Gasteiger charge is -1.74. The minimum absolute atomic E-state index is 0.236. The third-order valence-electron chi connectivity index (χ3n) is 0.135. The fourth-order valence-corrected chi connectivity index (χ4v) is 0.0289. The fraction of sp³-hybridized carbons (Fsp3) is 1.00. The molecule has 0 unspecified atom stereocenters. The van der Waals surface area contributed by atoms with Crippen molar-refractivity contribution in [2.45, 2.75) is 0 Å². The zero-order chi connectivity index (χ0) is 4.12. The van der Waals surface area contributed by atoms with Crippen molar-refractivity contribution in [2.24, 2.45) is 5.18 Å². The molecule has 0 spiro atoms. The van der Waals surface area contributed by atoms with Crippen molar-refractivity contribution < 1.29 is 5.21 Å². The standard InChI is InChI=1S/CH4N2O2/c4-2-1-3-5/h2,4H,1H2. The van der Waals surface area contributed by atoms with Crippen molar-refractivity contribution >= 4 is 0 Å². The van der Waals surface area contributed by atoms with Crippen LogP contribution in [0.15, 0.2) is 5.18 Å². The predicted molar refractivity (Wildman–Crippen MR) is 15.6 cm³/mol. The molecule has 0 bridgehead atoms. The SMILES string of the molecule is O=NCNO. The number of nitrogens with one attached hydrogen (secondary N) is 1. The Morgan fingerprint density at radius 3 is 2.60 bits per heavy atom. The van der Waals surface area contributed by atoms with Crippen LogP contribution in [0, 0.1) is 4.91 Å². The van der Waals surface area contributed by atoms with Gasteiger partial charge in [-0.05, 0) is 0 Å². The Balaban J connectivity index is 2.40. The van der Waals surface area contributed by atoms with Gasteiger partial charge in [0.05, 0.1) is 0 Å². The molecule has 0 heterocycles. The Bertz CT molecular complexity index is 28.8. The summed E-state index contributed by atoms with van der Waals surface area (Å²) < 4.78 is 0. The molecule has 30 valence electrons. The van der Waals surface area contributed by atoms with Crippen LogP contribution in [0.25, 0.3) is 0 Å². The summed E-state index contributed by atoms with van der Waals surface area (Å²) in [7, 11) is 0. The largest absolute Gasteiger partial charge is 0.315 e. The summed E-state index contributed by atoms with van der Waals surface area (Å²) in [4.78, 5) is 8.93. The van der Waals surface area contributed by atoms with E-state index in [0.717, 1.165) is 0 Å². The van der Waals surface area contributed by atoms with Gasteiger partial charge in [0, 0.05) is 0 Å². The second kappa shape index (κ2) is 3.52. The van der Waals surface area contributed by atoms with Gasteiger partial charge in [-0.1, -0.05) is 5.18 Å². The first-order valence-corrected chi connectivity index (χ1v) is 1.08. The second-order valence-electron chi connectivity index (χ2n) is 0.445. The van der Waals surface area contributed by atoms with Crippen molar-refractivity contribution in [3.8, 4) is 0 Å². The molecule has 0 saturated carbocycles. The minimum Gasteiger partial charge on any atom is -0.315 e. The number of hydroxylamine groups is 1. The summed E-state index contributed by atoms with van der Waals surface area (Å²) in [6.07, 6.45) is 0. The molecule has 0 rings (SSSR count). The van der Waals surface area contributed by atoms with Crippen LogP contribution >= 0.6 is 0 Å². The Morgan fingerprint density at radius 1 is 2.00 bits per heavy atom. The maximum absolute atomic E-state index is 8.93. The molecule has 0 aliphatic heterocycles. The van der Waals surface area contributed by atoms with Crippen molar-refractivity contribution in [1.82, 2.24) is 5.48 Å². The van der Waals surface area contributed by atoms with Gasteiger partial charge >= 0.3 is 0 Å². The molecule has 0 saturated heterocycles. The first kappa shape index (κ1) is 4.52. The first-order valence-electron chi connectivity index (χ1n) is 1.08. The van der Waals surface area contributed by atoms with E-state index in [-0.39, 0.29) is 6.67 Å². The van der Waals surface area contributed by atoms with Gasteiger partial charge < -0.3 is 5.21 Å². The number of nitrogens with zero attached hydrogens (tertiary/aromatic N) is 1. The number of hydrogen-bond donors (Lipinski definition) is 2. The molecule has 5 heavy (non-hydrogen) atoms.